The number of ether oxygens (including phenoxy) is 2. The molecule has 33 heavy (non-hydrogen) atoms. The number of allylic oxidation sites excluding steroid dienone is 3. The number of hydrogen-bond donors (Lipinski definition) is 1. The number of ketones is 1. The summed E-state index contributed by atoms with van der Waals surface area (Å²) in [7, 11) is 1.57. The van der Waals surface area contributed by atoms with E-state index in [2.05, 4.69) is 5.32 Å². The molecule has 1 N–H and O–H groups in total. The van der Waals surface area contributed by atoms with E-state index in [1.54, 1.807) is 50.4 Å². The van der Waals surface area contributed by atoms with Crippen LogP contribution in [0.2, 0.25) is 0 Å². The van der Waals surface area contributed by atoms with E-state index in [0.717, 1.165) is 17.7 Å². The van der Waals surface area contributed by atoms with Crippen LogP contribution in [0.25, 0.3) is 0 Å². The number of non-ortho nitro benzene ring substituents is 1. The zero-order chi connectivity index (χ0) is 23.5. The average Bonchev–Trinajstić information content (AvgIpc) is 2.82. The number of benzene rings is 2. The maximum atomic E-state index is 13.3. The summed E-state index contributed by atoms with van der Waals surface area (Å²) in [5.74, 6) is -0.663. The number of Topliss-reactive ketones (excluding diaryl/α,β-unsaturated/α-hetero) is 1. The van der Waals surface area contributed by atoms with Crippen LogP contribution >= 0.6 is 0 Å². The number of esters is 1. The van der Waals surface area contributed by atoms with Gasteiger partial charge in [0.05, 0.1) is 17.6 Å². The standard InChI is InChI=1S/C25H24N2O6/c1-15-22(25(29)33-14-16-9-11-19(32-2)12-10-16)23(17-5-3-6-18(13-17)27(30)31)24-20(26-15)7-4-8-21(24)28/h3,5-6,9-13,23,26H,4,7-8,14H2,1-2H3/t23-/m1/s1. The molecule has 2 aromatic rings. The smallest absolute Gasteiger partial charge is 0.337 e. The highest BCUT2D eigenvalue weighted by atomic mass is 16.6. The van der Waals surface area contributed by atoms with Gasteiger partial charge in [-0.15, -0.1) is 0 Å². The van der Waals surface area contributed by atoms with Crippen molar-refractivity contribution in [1.29, 1.82) is 0 Å². The average molecular weight is 448 g/mol. The van der Waals surface area contributed by atoms with E-state index in [1.807, 2.05) is 0 Å². The first-order valence-electron chi connectivity index (χ1n) is 10.7. The molecule has 2 aliphatic rings. The van der Waals surface area contributed by atoms with Crippen LogP contribution in [0.15, 0.2) is 71.1 Å². The molecule has 1 atom stereocenters. The number of nitro benzene ring substituents is 1. The van der Waals surface area contributed by atoms with Crippen molar-refractivity contribution < 1.29 is 24.0 Å². The van der Waals surface area contributed by atoms with Gasteiger partial charge in [-0.1, -0.05) is 24.3 Å². The molecule has 2 aromatic carbocycles. The quantitative estimate of drug-likeness (QED) is 0.398. The number of nitro groups is 1. The molecular formula is C25H24N2O6. The molecule has 1 aliphatic carbocycles. The number of rotatable bonds is 6. The van der Waals surface area contributed by atoms with Crippen molar-refractivity contribution in [2.75, 3.05) is 7.11 Å². The second-order valence-electron chi connectivity index (χ2n) is 8.04. The number of carbonyl (C=O) groups excluding carboxylic acids is 2. The van der Waals surface area contributed by atoms with Crippen molar-refractivity contribution in [1.82, 2.24) is 5.32 Å². The van der Waals surface area contributed by atoms with E-state index in [4.69, 9.17) is 9.47 Å². The van der Waals surface area contributed by atoms with Crippen LogP contribution in [0.5, 0.6) is 5.75 Å². The Labute approximate surface area is 191 Å². The van der Waals surface area contributed by atoms with E-state index in [0.29, 0.717) is 35.4 Å². The summed E-state index contributed by atoms with van der Waals surface area (Å²) in [6, 6.07) is 13.2. The van der Waals surface area contributed by atoms with Crippen molar-refractivity contribution in [2.24, 2.45) is 0 Å². The monoisotopic (exact) mass is 448 g/mol. The van der Waals surface area contributed by atoms with Gasteiger partial charge in [0.25, 0.3) is 5.69 Å². The number of hydrogen-bond acceptors (Lipinski definition) is 7. The fourth-order valence-electron chi connectivity index (χ4n) is 4.35. The Balaban J connectivity index is 1.69. The molecule has 0 bridgehead atoms. The van der Waals surface area contributed by atoms with Gasteiger partial charge in [-0.05, 0) is 43.0 Å². The molecule has 0 radical (unpaired) electrons. The number of dihydropyridines is 1. The molecule has 170 valence electrons. The van der Waals surface area contributed by atoms with Crippen molar-refractivity contribution >= 4 is 17.4 Å². The third-order valence-electron chi connectivity index (χ3n) is 5.94. The minimum absolute atomic E-state index is 0.0428. The van der Waals surface area contributed by atoms with E-state index in [-0.39, 0.29) is 23.7 Å². The van der Waals surface area contributed by atoms with Crippen LogP contribution in [0.4, 0.5) is 5.69 Å². The van der Waals surface area contributed by atoms with E-state index >= 15 is 0 Å². The van der Waals surface area contributed by atoms with Gasteiger partial charge >= 0.3 is 5.97 Å². The zero-order valence-corrected chi connectivity index (χ0v) is 18.4. The molecule has 0 fully saturated rings. The van der Waals surface area contributed by atoms with E-state index < -0.39 is 16.8 Å². The van der Waals surface area contributed by atoms with Crippen LogP contribution in [-0.4, -0.2) is 23.8 Å². The second-order valence-corrected chi connectivity index (χ2v) is 8.04. The molecular weight excluding hydrogens is 424 g/mol. The van der Waals surface area contributed by atoms with E-state index in [1.165, 1.54) is 12.1 Å². The Morgan fingerprint density at radius 2 is 1.94 bits per heavy atom. The molecule has 0 spiro atoms. The third kappa shape index (κ3) is 4.50. The number of methoxy groups -OCH3 is 1. The molecule has 8 nitrogen and oxygen atoms in total. The summed E-state index contributed by atoms with van der Waals surface area (Å²) < 4.78 is 10.8. The molecule has 0 aromatic heterocycles. The van der Waals surface area contributed by atoms with Crippen molar-refractivity contribution in [3.8, 4) is 5.75 Å². The Kier molecular flexibility index (Phi) is 6.26. The van der Waals surface area contributed by atoms with Crippen LogP contribution in [0.1, 0.15) is 43.2 Å². The Morgan fingerprint density at radius 1 is 1.18 bits per heavy atom. The fraction of sp³-hybridized carbons (Fsp3) is 0.280. The topological polar surface area (TPSA) is 108 Å². The lowest BCUT2D eigenvalue weighted by Crippen LogP contribution is -2.34. The first-order chi connectivity index (χ1) is 15.9. The first kappa shape index (κ1) is 22.3. The van der Waals surface area contributed by atoms with Gasteiger partial charge < -0.3 is 14.8 Å². The van der Waals surface area contributed by atoms with Crippen molar-refractivity contribution in [3.05, 3.63) is 92.3 Å². The van der Waals surface area contributed by atoms with Gasteiger partial charge in [-0.25, -0.2) is 4.79 Å². The molecule has 1 aliphatic heterocycles. The SMILES string of the molecule is COc1ccc(COC(=O)C2=C(C)NC3=C(C(=O)CCC3)[C@@H]2c2cccc([N+](=O)[O-])c2)cc1. The predicted octanol–water partition coefficient (Wildman–Crippen LogP) is 4.31. The Hall–Kier alpha value is -3.94. The van der Waals surface area contributed by atoms with Gasteiger partial charge in [-0.3, -0.25) is 14.9 Å². The largest absolute Gasteiger partial charge is 0.497 e. The number of nitrogens with zero attached hydrogens (tertiary/aromatic N) is 1. The highest BCUT2D eigenvalue weighted by Crippen LogP contribution is 2.43. The van der Waals surface area contributed by atoms with E-state index in [9.17, 15) is 19.7 Å². The lowest BCUT2D eigenvalue weighted by atomic mass is 9.75. The summed E-state index contributed by atoms with van der Waals surface area (Å²) in [5, 5.41) is 14.6. The first-order valence-corrected chi connectivity index (χ1v) is 10.7. The highest BCUT2D eigenvalue weighted by Gasteiger charge is 2.39. The molecule has 1 heterocycles. The van der Waals surface area contributed by atoms with Crippen molar-refractivity contribution in [3.63, 3.8) is 0 Å². The normalized spacial score (nSPS) is 17.9. The van der Waals surface area contributed by atoms with Crippen molar-refractivity contribution in [2.45, 2.75) is 38.7 Å². The van der Waals surface area contributed by atoms with Gasteiger partial charge in [0.1, 0.15) is 12.4 Å². The second kappa shape index (κ2) is 9.28. The third-order valence-corrected chi connectivity index (χ3v) is 5.94. The molecule has 0 saturated heterocycles. The van der Waals surface area contributed by atoms with Gasteiger partial charge in [-0.2, -0.15) is 0 Å². The van der Waals surface area contributed by atoms with Crippen LogP contribution in [-0.2, 0) is 20.9 Å². The summed E-state index contributed by atoms with van der Waals surface area (Å²) in [5.41, 5.74) is 3.34. The summed E-state index contributed by atoms with van der Waals surface area (Å²) >= 11 is 0. The fourth-order valence-corrected chi connectivity index (χ4v) is 4.35. The maximum absolute atomic E-state index is 13.3. The summed E-state index contributed by atoms with van der Waals surface area (Å²) in [4.78, 5) is 37.1. The summed E-state index contributed by atoms with van der Waals surface area (Å²) in [6.07, 6.45) is 1.77. The minimum Gasteiger partial charge on any atom is -0.497 e. The minimum atomic E-state index is -0.725. The molecule has 0 amide bonds. The van der Waals surface area contributed by atoms with Crippen LogP contribution in [0.3, 0.4) is 0 Å². The zero-order valence-electron chi connectivity index (χ0n) is 18.4. The van der Waals surface area contributed by atoms with Gasteiger partial charge in [0, 0.05) is 41.4 Å². The lowest BCUT2D eigenvalue weighted by Gasteiger charge is -2.34. The van der Waals surface area contributed by atoms with Crippen LogP contribution < -0.4 is 10.1 Å². The summed E-state index contributed by atoms with van der Waals surface area (Å²) in [6.45, 7) is 1.80. The molecule has 0 unspecified atom stereocenters. The Morgan fingerprint density at radius 3 is 2.64 bits per heavy atom. The molecule has 4 rings (SSSR count). The van der Waals surface area contributed by atoms with Crippen LogP contribution in [0, 0.1) is 10.1 Å². The molecule has 0 saturated carbocycles. The highest BCUT2D eigenvalue weighted by molar-refractivity contribution is 6.03. The Bertz CT molecular complexity index is 1180. The van der Waals surface area contributed by atoms with Gasteiger partial charge in [0.2, 0.25) is 0 Å². The lowest BCUT2D eigenvalue weighted by molar-refractivity contribution is -0.384. The molecule has 8 heteroatoms. The number of nitrogens with one attached hydrogen (secondary N) is 1. The maximum Gasteiger partial charge on any atom is 0.337 e. The number of carbonyl (C=O) groups is 2. The van der Waals surface area contributed by atoms with Gasteiger partial charge in [0.15, 0.2) is 5.78 Å². The predicted molar refractivity (Wildman–Crippen MR) is 120 cm³/mol.